The molecule has 1 aromatic rings. The maximum Gasteiger partial charge on any atom is 0.183 e. The van der Waals surface area contributed by atoms with Crippen LogP contribution in [0.5, 0.6) is 0 Å². The zero-order valence-corrected chi connectivity index (χ0v) is 13.5. The summed E-state index contributed by atoms with van der Waals surface area (Å²) in [4.78, 5) is 2.33. The fraction of sp³-hybridized carbons (Fsp3) is 0.615. The number of piperidine rings is 1. The second kappa shape index (κ2) is 6.22. The van der Waals surface area contributed by atoms with Gasteiger partial charge in [-0.3, -0.25) is 0 Å². The van der Waals surface area contributed by atoms with Crippen LogP contribution in [0.4, 0.5) is 10.7 Å². The van der Waals surface area contributed by atoms with Crippen molar-refractivity contribution < 1.29 is 13.5 Å². The zero-order valence-electron chi connectivity index (χ0n) is 11.9. The minimum absolute atomic E-state index is 0.0428. The second-order valence-electron chi connectivity index (χ2n) is 5.11. The van der Waals surface area contributed by atoms with Crippen LogP contribution in [0.15, 0.2) is 4.90 Å². The van der Waals surface area contributed by atoms with Crippen LogP contribution in [0.3, 0.4) is 0 Å². The Morgan fingerprint density at radius 2 is 2.10 bits per heavy atom. The van der Waals surface area contributed by atoms with Gasteiger partial charge in [0, 0.05) is 19.7 Å². The van der Waals surface area contributed by atoms with Gasteiger partial charge in [0.25, 0.3) is 0 Å². The molecule has 1 aliphatic rings. The molecule has 0 radical (unpaired) electrons. The quantitative estimate of drug-likeness (QED) is 0.859. The molecule has 0 aromatic carbocycles. The first-order valence-electron chi connectivity index (χ1n) is 6.85. The Labute approximate surface area is 128 Å². The molecule has 0 spiro atoms. The van der Waals surface area contributed by atoms with Crippen molar-refractivity contribution in [2.75, 3.05) is 36.1 Å². The number of aliphatic hydroxyl groups is 1. The van der Waals surface area contributed by atoms with E-state index in [0.29, 0.717) is 18.1 Å². The van der Waals surface area contributed by atoms with Crippen molar-refractivity contribution in [1.29, 1.82) is 5.26 Å². The van der Waals surface area contributed by atoms with E-state index in [1.807, 2.05) is 11.0 Å². The number of thiophene rings is 1. The van der Waals surface area contributed by atoms with Crippen LogP contribution in [0.25, 0.3) is 0 Å². The maximum atomic E-state index is 12.3. The number of rotatable bonds is 4. The number of nitrogen functional groups attached to an aromatic ring is 1. The zero-order chi connectivity index (χ0) is 15.6. The van der Waals surface area contributed by atoms with E-state index in [1.165, 1.54) is 0 Å². The van der Waals surface area contributed by atoms with Crippen molar-refractivity contribution in [2.24, 2.45) is 5.92 Å². The number of nitriles is 1. The molecule has 0 amide bonds. The van der Waals surface area contributed by atoms with Crippen molar-refractivity contribution in [1.82, 2.24) is 0 Å². The van der Waals surface area contributed by atoms with Gasteiger partial charge in [0.1, 0.15) is 20.8 Å². The molecule has 0 bridgehead atoms. The van der Waals surface area contributed by atoms with E-state index in [4.69, 9.17) is 11.0 Å². The summed E-state index contributed by atoms with van der Waals surface area (Å²) in [7, 11) is -3.47. The highest BCUT2D eigenvalue weighted by atomic mass is 32.2. The summed E-state index contributed by atoms with van der Waals surface area (Å²) in [6.07, 6.45) is 1.61. The topological polar surface area (TPSA) is 107 Å². The van der Waals surface area contributed by atoms with Gasteiger partial charge in [0.2, 0.25) is 0 Å². The van der Waals surface area contributed by atoms with E-state index in [9.17, 15) is 13.5 Å². The van der Waals surface area contributed by atoms with Crippen molar-refractivity contribution in [3.05, 3.63) is 4.88 Å². The van der Waals surface area contributed by atoms with Crippen LogP contribution in [0, 0.1) is 17.2 Å². The van der Waals surface area contributed by atoms with Crippen LogP contribution < -0.4 is 10.6 Å². The summed E-state index contributed by atoms with van der Waals surface area (Å²) in [5, 5.41) is 18.9. The van der Waals surface area contributed by atoms with E-state index in [-0.39, 0.29) is 33.7 Å². The molecule has 0 saturated carbocycles. The average Bonchev–Trinajstić information content (AvgIpc) is 2.84. The Kier molecular flexibility index (Phi) is 4.76. The first-order chi connectivity index (χ1) is 9.94. The number of sulfone groups is 1. The average molecular weight is 329 g/mol. The van der Waals surface area contributed by atoms with E-state index in [0.717, 1.165) is 24.2 Å². The van der Waals surface area contributed by atoms with Crippen molar-refractivity contribution >= 4 is 31.9 Å². The Hall–Kier alpha value is -1.30. The third kappa shape index (κ3) is 3.00. The highest BCUT2D eigenvalue weighted by Crippen LogP contribution is 2.42. The highest BCUT2D eigenvalue weighted by Gasteiger charge is 2.30. The molecule has 3 N–H and O–H groups in total. The lowest BCUT2D eigenvalue weighted by atomic mass is 9.98. The molecule has 116 valence electrons. The lowest BCUT2D eigenvalue weighted by Crippen LogP contribution is -2.35. The molecule has 21 heavy (non-hydrogen) atoms. The summed E-state index contributed by atoms with van der Waals surface area (Å²) in [6.45, 7) is 3.06. The van der Waals surface area contributed by atoms with Gasteiger partial charge in [-0.25, -0.2) is 8.42 Å². The number of anilines is 2. The molecule has 1 fully saturated rings. The largest absolute Gasteiger partial charge is 0.396 e. The Morgan fingerprint density at radius 1 is 1.48 bits per heavy atom. The monoisotopic (exact) mass is 329 g/mol. The first-order valence-corrected chi connectivity index (χ1v) is 9.32. The minimum Gasteiger partial charge on any atom is -0.396 e. The number of hydrogen-bond donors (Lipinski definition) is 2. The molecule has 0 unspecified atom stereocenters. The molecule has 1 aromatic heterocycles. The van der Waals surface area contributed by atoms with E-state index < -0.39 is 9.84 Å². The normalized spacial score (nSPS) is 16.9. The third-order valence-corrected chi connectivity index (χ3v) is 6.93. The highest BCUT2D eigenvalue weighted by molar-refractivity contribution is 7.91. The molecule has 2 rings (SSSR count). The summed E-state index contributed by atoms with van der Waals surface area (Å²) in [5.74, 6) is 0.221. The van der Waals surface area contributed by atoms with E-state index >= 15 is 0 Å². The molecule has 6 nitrogen and oxygen atoms in total. The van der Waals surface area contributed by atoms with E-state index in [1.54, 1.807) is 6.92 Å². The van der Waals surface area contributed by atoms with Crippen molar-refractivity contribution in [2.45, 2.75) is 24.7 Å². The van der Waals surface area contributed by atoms with Crippen LogP contribution in [-0.4, -0.2) is 39.0 Å². The van der Waals surface area contributed by atoms with Gasteiger partial charge in [-0.15, -0.1) is 11.3 Å². The molecule has 1 saturated heterocycles. The molecular weight excluding hydrogens is 310 g/mol. The summed E-state index contributed by atoms with van der Waals surface area (Å²) in [6, 6.07) is 1.97. The Bertz CT molecular complexity index is 653. The summed E-state index contributed by atoms with van der Waals surface area (Å²) < 4.78 is 24.6. The third-order valence-electron chi connectivity index (χ3n) is 3.83. The van der Waals surface area contributed by atoms with Crippen LogP contribution >= 0.6 is 11.3 Å². The number of hydrogen-bond acceptors (Lipinski definition) is 7. The molecule has 0 aliphatic carbocycles. The van der Waals surface area contributed by atoms with Gasteiger partial charge in [-0.05, 0) is 18.8 Å². The smallest absolute Gasteiger partial charge is 0.183 e. The van der Waals surface area contributed by atoms with Gasteiger partial charge >= 0.3 is 0 Å². The first kappa shape index (κ1) is 16.1. The molecule has 1 aliphatic heterocycles. The molecule has 8 heteroatoms. The van der Waals surface area contributed by atoms with Gasteiger partial charge in [-0.1, -0.05) is 6.92 Å². The summed E-state index contributed by atoms with van der Waals surface area (Å²) >= 11 is 1.14. The maximum absolute atomic E-state index is 12.3. The fourth-order valence-corrected chi connectivity index (χ4v) is 5.13. The summed E-state index contributed by atoms with van der Waals surface area (Å²) in [5.41, 5.74) is 5.95. The van der Waals surface area contributed by atoms with Crippen LogP contribution in [0.1, 0.15) is 24.6 Å². The Balaban J connectivity index is 2.43. The van der Waals surface area contributed by atoms with Crippen molar-refractivity contribution in [3.8, 4) is 6.07 Å². The lowest BCUT2D eigenvalue weighted by Gasteiger charge is -2.32. The number of nitrogens with two attached hydrogens (primary N) is 1. The van der Waals surface area contributed by atoms with Gasteiger partial charge in [0.15, 0.2) is 9.84 Å². The van der Waals surface area contributed by atoms with Gasteiger partial charge < -0.3 is 15.7 Å². The standard InChI is InChI=1S/C13H19N3O3S2/c1-2-21(18,19)12-11(15)10(7-14)20-13(12)16-5-3-9(8-17)4-6-16/h9,17H,2-6,8,15H2,1H3. The fourth-order valence-electron chi connectivity index (χ4n) is 2.47. The van der Waals surface area contributed by atoms with Gasteiger partial charge in [-0.2, -0.15) is 5.26 Å². The predicted molar refractivity (Wildman–Crippen MR) is 83.2 cm³/mol. The minimum atomic E-state index is -3.47. The number of aliphatic hydroxyl groups excluding tert-OH is 1. The lowest BCUT2D eigenvalue weighted by molar-refractivity contribution is 0.203. The second-order valence-corrected chi connectivity index (χ2v) is 8.32. The molecule has 0 atom stereocenters. The SMILES string of the molecule is CCS(=O)(=O)c1c(N2CCC(CO)CC2)sc(C#N)c1N. The Morgan fingerprint density at radius 3 is 2.57 bits per heavy atom. The van der Waals surface area contributed by atoms with Crippen molar-refractivity contribution in [3.63, 3.8) is 0 Å². The van der Waals surface area contributed by atoms with Crippen LogP contribution in [-0.2, 0) is 9.84 Å². The molecule has 2 heterocycles. The van der Waals surface area contributed by atoms with Gasteiger partial charge in [0.05, 0.1) is 11.4 Å². The van der Waals surface area contributed by atoms with E-state index in [2.05, 4.69) is 0 Å². The van der Waals surface area contributed by atoms with Crippen LogP contribution in [0.2, 0.25) is 0 Å². The predicted octanol–water partition coefficient (Wildman–Crippen LogP) is 1.20. The number of nitrogens with zero attached hydrogens (tertiary/aromatic N) is 2. The molecular formula is C13H19N3O3S2.